The van der Waals surface area contributed by atoms with Crippen molar-refractivity contribution in [1.82, 2.24) is 4.57 Å². The molecule has 0 saturated heterocycles. The second-order valence-electron chi connectivity index (χ2n) is 6.18. The number of para-hydroxylation sites is 2. The normalized spacial score (nSPS) is 10.5. The average Bonchev–Trinajstić information content (AvgIpc) is 2.84. The number of rotatable bonds is 2. The largest absolute Gasteiger partial charge is 0.350 e. The third-order valence-electron chi connectivity index (χ3n) is 3.29. The van der Waals surface area contributed by atoms with E-state index in [1.165, 1.54) is 6.07 Å². The molecule has 4 nitrogen and oxygen atoms in total. The van der Waals surface area contributed by atoms with Gasteiger partial charge in [0.2, 0.25) is 0 Å². The number of nitro benzene ring substituents is 1. The molecule has 1 aromatic heterocycles. The van der Waals surface area contributed by atoms with Crippen LogP contribution in [0.1, 0.15) is 20.8 Å². The molecule has 0 radical (unpaired) electrons. The van der Waals surface area contributed by atoms with Crippen molar-refractivity contribution in [1.29, 1.82) is 0 Å². The highest BCUT2D eigenvalue weighted by atomic mass is 16.6. The average molecular weight is 310 g/mol. The molecule has 0 fully saturated rings. The van der Waals surface area contributed by atoms with Crippen LogP contribution in [0.3, 0.4) is 0 Å². The van der Waals surface area contributed by atoms with Crippen LogP contribution in [-0.2, 0) is 7.05 Å². The zero-order valence-electron chi connectivity index (χ0n) is 14.0. The van der Waals surface area contributed by atoms with E-state index in [1.54, 1.807) is 12.1 Å². The number of hydrogen-bond acceptors (Lipinski definition) is 2. The molecular formula is C19H22N2O2. The Morgan fingerprint density at radius 2 is 1.52 bits per heavy atom. The molecule has 0 aliphatic heterocycles. The first-order valence-corrected chi connectivity index (χ1v) is 7.69. The van der Waals surface area contributed by atoms with Gasteiger partial charge in [0.15, 0.2) is 0 Å². The van der Waals surface area contributed by atoms with Gasteiger partial charge in [0.25, 0.3) is 5.69 Å². The van der Waals surface area contributed by atoms with Gasteiger partial charge in [0, 0.05) is 35.8 Å². The number of nitro groups is 1. The predicted octanol–water partition coefficient (Wildman–Crippen LogP) is 5.42. The molecule has 2 aromatic carbocycles. The quantitative estimate of drug-likeness (QED) is 0.469. The van der Waals surface area contributed by atoms with Crippen molar-refractivity contribution in [2.45, 2.75) is 20.8 Å². The molecule has 0 amide bonds. The van der Waals surface area contributed by atoms with Crippen LogP contribution in [0.2, 0.25) is 0 Å². The lowest BCUT2D eigenvalue weighted by Crippen LogP contribution is -1.90. The van der Waals surface area contributed by atoms with Crippen LogP contribution in [0.15, 0.2) is 54.7 Å². The van der Waals surface area contributed by atoms with E-state index in [4.69, 9.17) is 0 Å². The van der Waals surface area contributed by atoms with Gasteiger partial charge in [0.1, 0.15) is 0 Å². The Morgan fingerprint density at radius 1 is 0.957 bits per heavy atom. The Kier molecular flexibility index (Phi) is 5.16. The number of benzene rings is 2. The van der Waals surface area contributed by atoms with Crippen molar-refractivity contribution in [3.05, 3.63) is 64.8 Å². The Labute approximate surface area is 136 Å². The molecule has 0 N–H and O–H groups in total. The van der Waals surface area contributed by atoms with Gasteiger partial charge in [0.05, 0.1) is 10.5 Å². The standard InChI is InChI=1S/C15H12N2O2.C4H10/c1-16-10-13(11-6-2-4-8-14(11)16)12-7-3-5-9-15(12)17(18)19;1-4(2)3/h2-10H,1H3;4H,1-3H3. The van der Waals surface area contributed by atoms with Crippen molar-refractivity contribution in [3.8, 4) is 11.1 Å². The van der Waals surface area contributed by atoms with Crippen LogP contribution < -0.4 is 0 Å². The van der Waals surface area contributed by atoms with Crippen LogP contribution in [-0.4, -0.2) is 9.49 Å². The molecule has 3 rings (SSSR count). The summed E-state index contributed by atoms with van der Waals surface area (Å²) in [6.45, 7) is 6.50. The Hall–Kier alpha value is -2.62. The summed E-state index contributed by atoms with van der Waals surface area (Å²) < 4.78 is 1.99. The van der Waals surface area contributed by atoms with E-state index in [-0.39, 0.29) is 10.6 Å². The van der Waals surface area contributed by atoms with Gasteiger partial charge in [-0.25, -0.2) is 0 Å². The van der Waals surface area contributed by atoms with Gasteiger partial charge in [-0.1, -0.05) is 51.1 Å². The number of aromatic nitrogens is 1. The summed E-state index contributed by atoms with van der Waals surface area (Å²) in [6.07, 6.45) is 1.94. The van der Waals surface area contributed by atoms with Gasteiger partial charge < -0.3 is 4.57 Å². The first-order valence-electron chi connectivity index (χ1n) is 7.69. The van der Waals surface area contributed by atoms with Gasteiger partial charge in [-0.15, -0.1) is 0 Å². The number of aryl methyl sites for hydroxylation is 1. The molecule has 23 heavy (non-hydrogen) atoms. The Morgan fingerprint density at radius 3 is 2.17 bits per heavy atom. The fourth-order valence-electron chi connectivity index (χ4n) is 2.42. The van der Waals surface area contributed by atoms with Crippen LogP contribution >= 0.6 is 0 Å². The minimum Gasteiger partial charge on any atom is -0.350 e. The van der Waals surface area contributed by atoms with Crippen molar-refractivity contribution < 1.29 is 4.92 Å². The van der Waals surface area contributed by atoms with Gasteiger partial charge in [-0.3, -0.25) is 10.1 Å². The lowest BCUT2D eigenvalue weighted by atomic mass is 10.0. The number of nitrogens with zero attached hydrogens (tertiary/aromatic N) is 2. The molecular weight excluding hydrogens is 288 g/mol. The molecule has 4 heteroatoms. The summed E-state index contributed by atoms with van der Waals surface area (Å²) in [5.41, 5.74) is 2.75. The topological polar surface area (TPSA) is 48.1 Å². The summed E-state index contributed by atoms with van der Waals surface area (Å²) in [6, 6.07) is 14.7. The highest BCUT2D eigenvalue weighted by Crippen LogP contribution is 2.35. The number of hydrogen-bond donors (Lipinski definition) is 0. The molecule has 1 heterocycles. The SMILES string of the molecule is CC(C)C.Cn1cc(-c2ccccc2[N+](=O)[O-])c2ccccc21. The van der Waals surface area contributed by atoms with Crippen LogP contribution in [0.4, 0.5) is 5.69 Å². The zero-order chi connectivity index (χ0) is 17.0. The third-order valence-corrected chi connectivity index (χ3v) is 3.29. The molecule has 0 bridgehead atoms. The van der Waals surface area contributed by atoms with Crippen LogP contribution in [0, 0.1) is 16.0 Å². The van der Waals surface area contributed by atoms with E-state index in [1.807, 2.05) is 48.1 Å². The van der Waals surface area contributed by atoms with Crippen molar-refractivity contribution >= 4 is 16.6 Å². The first kappa shape index (κ1) is 16.7. The minimum atomic E-state index is -0.336. The van der Waals surface area contributed by atoms with Crippen molar-refractivity contribution in [3.63, 3.8) is 0 Å². The van der Waals surface area contributed by atoms with E-state index in [0.29, 0.717) is 5.56 Å². The highest BCUT2D eigenvalue weighted by Gasteiger charge is 2.17. The Balaban J connectivity index is 0.000000433. The van der Waals surface area contributed by atoms with E-state index in [2.05, 4.69) is 20.8 Å². The highest BCUT2D eigenvalue weighted by molar-refractivity contribution is 5.98. The van der Waals surface area contributed by atoms with E-state index in [9.17, 15) is 10.1 Å². The molecule has 0 atom stereocenters. The van der Waals surface area contributed by atoms with Crippen LogP contribution in [0.5, 0.6) is 0 Å². The first-order chi connectivity index (χ1) is 10.9. The maximum Gasteiger partial charge on any atom is 0.277 e. The lowest BCUT2D eigenvalue weighted by Gasteiger charge is -2.01. The van der Waals surface area contributed by atoms with Crippen molar-refractivity contribution in [2.24, 2.45) is 13.0 Å². The molecule has 120 valence electrons. The monoisotopic (exact) mass is 310 g/mol. The van der Waals surface area contributed by atoms with Gasteiger partial charge in [-0.05, 0) is 18.1 Å². The molecule has 3 aromatic rings. The third kappa shape index (κ3) is 3.77. The maximum absolute atomic E-state index is 11.1. The summed E-state index contributed by atoms with van der Waals surface area (Å²) in [7, 11) is 1.95. The summed E-state index contributed by atoms with van der Waals surface area (Å²) >= 11 is 0. The van der Waals surface area contributed by atoms with Gasteiger partial charge in [-0.2, -0.15) is 0 Å². The van der Waals surface area contributed by atoms with E-state index in [0.717, 1.165) is 22.4 Å². The molecule has 0 aliphatic rings. The second-order valence-corrected chi connectivity index (χ2v) is 6.18. The zero-order valence-corrected chi connectivity index (χ0v) is 14.0. The van der Waals surface area contributed by atoms with Crippen LogP contribution in [0.25, 0.3) is 22.0 Å². The summed E-state index contributed by atoms with van der Waals surface area (Å²) in [4.78, 5) is 10.8. The lowest BCUT2D eigenvalue weighted by molar-refractivity contribution is -0.384. The van der Waals surface area contributed by atoms with E-state index < -0.39 is 0 Å². The molecule has 0 aliphatic carbocycles. The number of fused-ring (bicyclic) bond motifs is 1. The minimum absolute atomic E-state index is 0.138. The molecule has 0 saturated carbocycles. The maximum atomic E-state index is 11.1. The molecule has 0 unspecified atom stereocenters. The van der Waals surface area contributed by atoms with Crippen molar-refractivity contribution in [2.75, 3.05) is 0 Å². The van der Waals surface area contributed by atoms with Gasteiger partial charge >= 0.3 is 0 Å². The summed E-state index contributed by atoms with van der Waals surface area (Å²) in [5, 5.41) is 12.2. The molecule has 0 spiro atoms. The fourth-order valence-corrected chi connectivity index (χ4v) is 2.42. The second kappa shape index (κ2) is 7.09. The predicted molar refractivity (Wildman–Crippen MR) is 95.5 cm³/mol. The summed E-state index contributed by atoms with van der Waals surface area (Å²) in [5.74, 6) is 0.833. The van der Waals surface area contributed by atoms with E-state index >= 15 is 0 Å². The smallest absolute Gasteiger partial charge is 0.277 e. The fraction of sp³-hybridized carbons (Fsp3) is 0.263. The Bertz CT molecular complexity index is 816.